The Labute approximate surface area is 207 Å². The van der Waals surface area contributed by atoms with E-state index in [9.17, 15) is 28.3 Å². The van der Waals surface area contributed by atoms with E-state index < -0.39 is 17.7 Å². The summed E-state index contributed by atoms with van der Waals surface area (Å²) in [7, 11) is 0. The lowest BCUT2D eigenvalue weighted by Gasteiger charge is -2.52. The van der Waals surface area contributed by atoms with E-state index in [2.05, 4.69) is 35.2 Å². The number of alkyl halides is 3. The van der Waals surface area contributed by atoms with Crippen LogP contribution in [0.25, 0.3) is 0 Å². The van der Waals surface area contributed by atoms with Crippen molar-refractivity contribution in [3.8, 4) is 6.07 Å². The van der Waals surface area contributed by atoms with E-state index in [1.807, 2.05) is 0 Å². The summed E-state index contributed by atoms with van der Waals surface area (Å²) in [5, 5.41) is 27.2. The summed E-state index contributed by atoms with van der Waals surface area (Å²) < 4.78 is 41.0. The zero-order valence-electron chi connectivity index (χ0n) is 20.5. The van der Waals surface area contributed by atoms with Crippen molar-refractivity contribution in [3.05, 3.63) is 41.6 Å². The predicted octanol–water partition coefficient (Wildman–Crippen LogP) is 4.07. The second kappa shape index (κ2) is 9.09. The molecule has 36 heavy (non-hydrogen) atoms. The highest BCUT2D eigenvalue weighted by molar-refractivity contribution is 5.98. The molecule has 2 heterocycles. The number of nitrogens with two attached hydrogens (primary N) is 1. The van der Waals surface area contributed by atoms with Crippen molar-refractivity contribution < 1.29 is 23.1 Å². The molecule has 2 aromatic rings. The summed E-state index contributed by atoms with van der Waals surface area (Å²) in [4.78, 5) is 14.5. The number of likely N-dealkylation sites (tertiary alicyclic amines) is 1. The normalized spacial score (nSPS) is 25.9. The minimum absolute atomic E-state index is 0.115. The van der Waals surface area contributed by atoms with Gasteiger partial charge in [-0.2, -0.15) is 23.5 Å². The van der Waals surface area contributed by atoms with E-state index in [0.29, 0.717) is 30.5 Å². The lowest BCUT2D eigenvalue weighted by molar-refractivity contribution is -0.258. The molecule has 4 atom stereocenters. The van der Waals surface area contributed by atoms with Gasteiger partial charge in [-0.25, -0.2) is 0 Å². The number of anilines is 2. The summed E-state index contributed by atoms with van der Waals surface area (Å²) >= 11 is 0. The van der Waals surface area contributed by atoms with Crippen LogP contribution in [0.1, 0.15) is 62.0 Å². The first-order valence-electron chi connectivity index (χ1n) is 11.9. The highest BCUT2D eigenvalue weighted by atomic mass is 19.4. The van der Waals surface area contributed by atoms with Crippen LogP contribution in [0.2, 0.25) is 0 Å². The monoisotopic (exact) mass is 504 g/mol. The van der Waals surface area contributed by atoms with Crippen molar-refractivity contribution in [1.29, 1.82) is 5.26 Å². The zero-order valence-corrected chi connectivity index (χ0v) is 20.5. The van der Waals surface area contributed by atoms with Crippen molar-refractivity contribution in [2.24, 2.45) is 17.1 Å². The lowest BCUT2D eigenvalue weighted by Crippen LogP contribution is -2.58. The SMILES string of the molecule is CC1(C)CN([C@H]2CCC(n3cc(C(N)=O)c(Nc4ccc([C@](C)(O)C(F)(F)F)cc4)n3)[C@@H](C#N)C2)C1. The summed E-state index contributed by atoms with van der Waals surface area (Å²) in [6.07, 6.45) is -0.960. The average molecular weight is 505 g/mol. The first kappa shape index (κ1) is 26.0. The van der Waals surface area contributed by atoms with Crippen LogP contribution < -0.4 is 11.1 Å². The second-order valence-corrected chi connectivity index (χ2v) is 10.8. The van der Waals surface area contributed by atoms with Gasteiger partial charge in [-0.05, 0) is 49.3 Å². The number of hydrogen-bond acceptors (Lipinski definition) is 6. The van der Waals surface area contributed by atoms with Gasteiger partial charge in [0.25, 0.3) is 5.91 Å². The maximum Gasteiger partial charge on any atom is 0.421 e. The Morgan fingerprint density at radius 3 is 2.42 bits per heavy atom. The minimum Gasteiger partial charge on any atom is -0.376 e. The van der Waals surface area contributed by atoms with E-state index in [0.717, 1.165) is 38.1 Å². The van der Waals surface area contributed by atoms with Gasteiger partial charge in [-0.3, -0.25) is 14.4 Å². The number of amides is 1. The number of nitriles is 1. The highest BCUT2D eigenvalue weighted by Gasteiger charge is 2.51. The van der Waals surface area contributed by atoms with Crippen LogP contribution in [0.5, 0.6) is 0 Å². The number of halogens is 3. The van der Waals surface area contributed by atoms with Crippen molar-refractivity contribution in [2.45, 2.75) is 63.9 Å². The highest BCUT2D eigenvalue weighted by Crippen LogP contribution is 2.41. The van der Waals surface area contributed by atoms with Gasteiger partial charge in [0.1, 0.15) is 5.56 Å². The molecule has 1 aromatic carbocycles. The summed E-state index contributed by atoms with van der Waals surface area (Å²) in [6.45, 7) is 7.17. The molecule has 1 aliphatic heterocycles. The van der Waals surface area contributed by atoms with Gasteiger partial charge < -0.3 is 16.2 Å². The van der Waals surface area contributed by atoms with Gasteiger partial charge in [-0.15, -0.1) is 0 Å². The maximum absolute atomic E-state index is 13.1. The van der Waals surface area contributed by atoms with Crippen molar-refractivity contribution in [1.82, 2.24) is 14.7 Å². The molecule has 8 nitrogen and oxygen atoms in total. The summed E-state index contributed by atoms with van der Waals surface area (Å²) in [5.74, 6) is -0.851. The first-order valence-corrected chi connectivity index (χ1v) is 11.9. The van der Waals surface area contributed by atoms with Crippen LogP contribution in [0.3, 0.4) is 0 Å². The van der Waals surface area contributed by atoms with Crippen LogP contribution in [-0.2, 0) is 5.60 Å². The lowest BCUT2D eigenvalue weighted by atomic mass is 9.77. The number of benzene rings is 1. The minimum atomic E-state index is -4.83. The van der Waals surface area contributed by atoms with Crippen LogP contribution in [0.15, 0.2) is 30.5 Å². The van der Waals surface area contributed by atoms with E-state index in [4.69, 9.17) is 5.73 Å². The number of hydrogen-bond donors (Lipinski definition) is 3. The number of nitrogens with one attached hydrogen (secondary N) is 1. The number of aromatic nitrogens is 2. The molecule has 4 rings (SSSR count). The van der Waals surface area contributed by atoms with Crippen LogP contribution in [0, 0.1) is 22.7 Å². The Morgan fingerprint density at radius 2 is 1.89 bits per heavy atom. The molecule has 1 aliphatic carbocycles. The molecule has 4 N–H and O–H groups in total. The summed E-state index contributed by atoms with van der Waals surface area (Å²) in [5.41, 5.74) is 3.03. The van der Waals surface area contributed by atoms with Crippen molar-refractivity contribution in [3.63, 3.8) is 0 Å². The molecule has 2 fully saturated rings. The fourth-order valence-corrected chi connectivity index (χ4v) is 5.24. The third kappa shape index (κ3) is 4.92. The molecular formula is C25H31F3N6O2. The molecule has 0 spiro atoms. The standard InChI is InChI=1S/C25H31F3N6O2/c1-23(2)13-33(14-23)18-8-9-20(15(10-18)11-29)34-12-19(21(30)35)22(32-34)31-17-6-4-16(5-7-17)24(3,36)25(26,27)28/h4-7,12,15,18,20,36H,8-10,13-14H2,1-3H3,(H2,30,35)(H,31,32)/t15-,18+,20?,24+/m1/s1. The smallest absolute Gasteiger partial charge is 0.376 e. The fourth-order valence-electron chi connectivity index (χ4n) is 5.24. The average Bonchev–Trinajstić information content (AvgIpc) is 3.20. The molecule has 1 aromatic heterocycles. The van der Waals surface area contributed by atoms with Gasteiger partial charge in [0.05, 0.1) is 18.0 Å². The van der Waals surface area contributed by atoms with E-state index in [1.54, 1.807) is 4.68 Å². The van der Waals surface area contributed by atoms with Crippen LogP contribution in [-0.4, -0.2) is 51.0 Å². The molecule has 194 valence electrons. The number of aliphatic hydroxyl groups is 1. The Bertz CT molecular complexity index is 1160. The third-order valence-electron chi connectivity index (χ3n) is 7.33. The van der Waals surface area contributed by atoms with Gasteiger partial charge in [0, 0.05) is 31.0 Å². The van der Waals surface area contributed by atoms with E-state index in [1.165, 1.54) is 18.3 Å². The van der Waals surface area contributed by atoms with Crippen molar-refractivity contribution in [2.75, 3.05) is 18.4 Å². The molecular weight excluding hydrogens is 473 g/mol. The zero-order chi connectivity index (χ0) is 26.5. The van der Waals surface area contributed by atoms with E-state index in [-0.39, 0.29) is 28.9 Å². The molecule has 2 aliphatic rings. The Kier molecular flexibility index (Phi) is 6.56. The number of carbonyl (C=O) groups is 1. The Morgan fingerprint density at radius 1 is 1.25 bits per heavy atom. The molecule has 11 heteroatoms. The topological polar surface area (TPSA) is 120 Å². The fraction of sp³-hybridized carbons (Fsp3) is 0.560. The predicted molar refractivity (Wildman–Crippen MR) is 127 cm³/mol. The number of carbonyl (C=O) groups excluding carboxylic acids is 1. The number of primary amides is 1. The third-order valence-corrected chi connectivity index (χ3v) is 7.33. The molecule has 1 saturated carbocycles. The van der Waals surface area contributed by atoms with Gasteiger partial charge >= 0.3 is 6.18 Å². The molecule has 1 amide bonds. The van der Waals surface area contributed by atoms with Gasteiger partial charge in [0.15, 0.2) is 11.4 Å². The molecule has 1 unspecified atom stereocenters. The largest absolute Gasteiger partial charge is 0.421 e. The van der Waals surface area contributed by atoms with Crippen LogP contribution in [0.4, 0.5) is 24.7 Å². The maximum atomic E-state index is 13.1. The van der Waals surface area contributed by atoms with Gasteiger partial charge in [-0.1, -0.05) is 26.0 Å². The number of nitrogens with zero attached hydrogens (tertiary/aromatic N) is 4. The second-order valence-electron chi connectivity index (χ2n) is 10.8. The Hall–Kier alpha value is -3.10. The number of rotatable bonds is 6. The van der Waals surface area contributed by atoms with E-state index >= 15 is 0 Å². The molecule has 0 bridgehead atoms. The molecule has 0 radical (unpaired) electrons. The van der Waals surface area contributed by atoms with Crippen molar-refractivity contribution >= 4 is 17.4 Å². The first-order chi connectivity index (χ1) is 16.7. The van der Waals surface area contributed by atoms with Crippen LogP contribution >= 0.6 is 0 Å². The molecule has 1 saturated heterocycles. The van der Waals surface area contributed by atoms with Gasteiger partial charge in [0.2, 0.25) is 0 Å². The Balaban J connectivity index is 1.51. The summed E-state index contributed by atoms with van der Waals surface area (Å²) in [6, 6.07) is 7.55. The quantitative estimate of drug-likeness (QED) is 0.546.